The molecule has 0 aromatic heterocycles. The third-order valence-electron chi connectivity index (χ3n) is 3.52. The van der Waals surface area contributed by atoms with Crippen molar-refractivity contribution in [1.29, 1.82) is 0 Å². The molecule has 1 saturated carbocycles. The van der Waals surface area contributed by atoms with Gasteiger partial charge >= 0.3 is 5.97 Å². The normalized spacial score (nSPS) is 21.5. The topological polar surface area (TPSA) is 57.6 Å². The van der Waals surface area contributed by atoms with Crippen LogP contribution in [0.15, 0.2) is 12.2 Å². The number of carbonyl (C=O) groups is 2. The highest BCUT2D eigenvalue weighted by atomic mass is 16.4. The maximum Gasteiger partial charge on any atom is 0.308 e. The van der Waals surface area contributed by atoms with Gasteiger partial charge in [-0.15, -0.1) is 0 Å². The molecular weight excluding hydrogens is 218 g/mol. The Balaban J connectivity index is 1.96. The smallest absolute Gasteiger partial charge is 0.308 e. The van der Waals surface area contributed by atoms with Crippen molar-refractivity contribution in [2.24, 2.45) is 11.8 Å². The van der Waals surface area contributed by atoms with Gasteiger partial charge in [0.15, 0.2) is 0 Å². The lowest BCUT2D eigenvalue weighted by atomic mass is 10.0. The number of amides is 1. The SMILES string of the molecule is CC(CN(C(=O)C1CC=CC1)C1CC1)C(=O)O. The second-order valence-electron chi connectivity index (χ2n) is 5.10. The van der Waals surface area contributed by atoms with Gasteiger partial charge in [0, 0.05) is 18.5 Å². The molecule has 17 heavy (non-hydrogen) atoms. The van der Waals surface area contributed by atoms with E-state index in [0.29, 0.717) is 12.6 Å². The summed E-state index contributed by atoms with van der Waals surface area (Å²) in [6.07, 6.45) is 7.74. The molecule has 4 heteroatoms. The fraction of sp³-hybridized carbons (Fsp3) is 0.692. The van der Waals surface area contributed by atoms with E-state index in [1.807, 2.05) is 12.2 Å². The number of rotatable bonds is 5. The summed E-state index contributed by atoms with van der Waals surface area (Å²) in [5.74, 6) is -1.11. The summed E-state index contributed by atoms with van der Waals surface area (Å²) in [6, 6.07) is 0.296. The Morgan fingerprint density at radius 1 is 1.35 bits per heavy atom. The Hall–Kier alpha value is -1.32. The van der Waals surface area contributed by atoms with Crippen LogP contribution in [0, 0.1) is 11.8 Å². The van der Waals surface area contributed by atoms with E-state index < -0.39 is 11.9 Å². The summed E-state index contributed by atoms with van der Waals surface area (Å²) in [5, 5.41) is 8.93. The molecule has 1 atom stereocenters. The second-order valence-corrected chi connectivity index (χ2v) is 5.10. The molecule has 1 amide bonds. The van der Waals surface area contributed by atoms with E-state index in [2.05, 4.69) is 0 Å². The monoisotopic (exact) mass is 237 g/mol. The lowest BCUT2D eigenvalue weighted by Gasteiger charge is -2.27. The molecule has 0 aromatic rings. The van der Waals surface area contributed by atoms with Crippen molar-refractivity contribution in [3.05, 3.63) is 12.2 Å². The highest BCUT2D eigenvalue weighted by Gasteiger charge is 2.37. The Morgan fingerprint density at radius 3 is 2.41 bits per heavy atom. The molecular formula is C13H19NO3. The first kappa shape index (κ1) is 12.1. The van der Waals surface area contributed by atoms with Gasteiger partial charge in [-0.2, -0.15) is 0 Å². The quantitative estimate of drug-likeness (QED) is 0.740. The fourth-order valence-electron chi connectivity index (χ4n) is 2.23. The third-order valence-corrected chi connectivity index (χ3v) is 3.52. The molecule has 2 aliphatic rings. The van der Waals surface area contributed by atoms with E-state index in [-0.39, 0.29) is 11.8 Å². The van der Waals surface area contributed by atoms with Crippen LogP contribution in [0.3, 0.4) is 0 Å². The zero-order valence-electron chi connectivity index (χ0n) is 10.1. The zero-order valence-corrected chi connectivity index (χ0v) is 10.1. The average molecular weight is 237 g/mol. The van der Waals surface area contributed by atoms with Gasteiger partial charge in [0.05, 0.1) is 5.92 Å². The average Bonchev–Trinajstić information content (AvgIpc) is 2.98. The van der Waals surface area contributed by atoms with Crippen LogP contribution in [0.25, 0.3) is 0 Å². The summed E-state index contributed by atoms with van der Waals surface area (Å²) in [7, 11) is 0. The molecule has 94 valence electrons. The molecule has 1 N–H and O–H groups in total. The minimum atomic E-state index is -0.826. The molecule has 0 aromatic carbocycles. The van der Waals surface area contributed by atoms with Gasteiger partial charge in [0.25, 0.3) is 0 Å². The molecule has 2 rings (SSSR count). The summed E-state index contributed by atoms with van der Waals surface area (Å²) in [5.41, 5.74) is 0. The molecule has 0 saturated heterocycles. The lowest BCUT2D eigenvalue weighted by Crippen LogP contribution is -2.41. The van der Waals surface area contributed by atoms with Crippen LogP contribution in [0.1, 0.15) is 32.6 Å². The standard InChI is InChI=1S/C13H19NO3/c1-9(13(16)17)8-14(11-6-7-11)12(15)10-4-2-3-5-10/h2-3,9-11H,4-8H2,1H3,(H,16,17). The minimum absolute atomic E-state index is 0.0524. The first-order chi connectivity index (χ1) is 8.09. The van der Waals surface area contributed by atoms with Crippen molar-refractivity contribution < 1.29 is 14.7 Å². The van der Waals surface area contributed by atoms with Gasteiger partial charge in [-0.3, -0.25) is 9.59 Å². The Morgan fingerprint density at radius 2 is 1.94 bits per heavy atom. The summed E-state index contributed by atoms with van der Waals surface area (Å²) >= 11 is 0. The number of allylic oxidation sites excluding steroid dienone is 2. The van der Waals surface area contributed by atoms with Crippen LogP contribution in [-0.4, -0.2) is 34.5 Å². The number of carbonyl (C=O) groups excluding carboxylic acids is 1. The largest absolute Gasteiger partial charge is 0.481 e. The molecule has 1 fully saturated rings. The minimum Gasteiger partial charge on any atom is -0.481 e. The predicted molar refractivity (Wildman–Crippen MR) is 63.4 cm³/mol. The molecule has 1 unspecified atom stereocenters. The number of hydrogen-bond acceptors (Lipinski definition) is 2. The van der Waals surface area contributed by atoms with Crippen LogP contribution in [-0.2, 0) is 9.59 Å². The Labute approximate surface area is 101 Å². The number of hydrogen-bond donors (Lipinski definition) is 1. The fourth-order valence-corrected chi connectivity index (χ4v) is 2.23. The zero-order chi connectivity index (χ0) is 12.4. The molecule has 4 nitrogen and oxygen atoms in total. The molecule has 0 bridgehead atoms. The molecule has 2 aliphatic carbocycles. The summed E-state index contributed by atoms with van der Waals surface area (Å²) in [6.45, 7) is 2.02. The Bertz CT molecular complexity index is 339. The Kier molecular flexibility index (Phi) is 3.50. The van der Waals surface area contributed by atoms with E-state index in [1.54, 1.807) is 11.8 Å². The predicted octanol–water partition coefficient (Wildman–Crippen LogP) is 1.66. The van der Waals surface area contributed by atoms with Gasteiger partial charge in [-0.25, -0.2) is 0 Å². The number of carboxylic acids is 1. The number of carboxylic acid groups (broad SMARTS) is 1. The highest BCUT2D eigenvalue weighted by Crippen LogP contribution is 2.31. The highest BCUT2D eigenvalue weighted by molar-refractivity contribution is 5.81. The molecule has 0 heterocycles. The molecule has 0 aliphatic heterocycles. The third kappa shape index (κ3) is 2.87. The van der Waals surface area contributed by atoms with Gasteiger partial charge in [-0.1, -0.05) is 19.1 Å². The van der Waals surface area contributed by atoms with Crippen LogP contribution in [0.2, 0.25) is 0 Å². The van der Waals surface area contributed by atoms with Gasteiger partial charge in [0.1, 0.15) is 0 Å². The number of nitrogens with zero attached hydrogens (tertiary/aromatic N) is 1. The van der Waals surface area contributed by atoms with Crippen LogP contribution >= 0.6 is 0 Å². The van der Waals surface area contributed by atoms with Gasteiger partial charge in [-0.05, 0) is 25.7 Å². The van der Waals surface area contributed by atoms with E-state index in [1.165, 1.54) is 0 Å². The van der Waals surface area contributed by atoms with Crippen LogP contribution in [0.4, 0.5) is 0 Å². The van der Waals surface area contributed by atoms with Crippen molar-refractivity contribution in [3.8, 4) is 0 Å². The van der Waals surface area contributed by atoms with Crippen molar-refractivity contribution in [2.45, 2.75) is 38.6 Å². The molecule has 0 radical (unpaired) electrons. The lowest BCUT2D eigenvalue weighted by molar-refractivity contribution is -0.144. The van der Waals surface area contributed by atoms with Crippen LogP contribution < -0.4 is 0 Å². The molecule has 0 spiro atoms. The van der Waals surface area contributed by atoms with Crippen molar-refractivity contribution >= 4 is 11.9 Å². The number of aliphatic carboxylic acids is 1. The first-order valence-electron chi connectivity index (χ1n) is 6.28. The summed E-state index contributed by atoms with van der Waals surface area (Å²) in [4.78, 5) is 25.0. The van der Waals surface area contributed by atoms with Gasteiger partial charge < -0.3 is 10.0 Å². The van der Waals surface area contributed by atoms with Crippen molar-refractivity contribution in [3.63, 3.8) is 0 Å². The van der Waals surface area contributed by atoms with E-state index in [0.717, 1.165) is 25.7 Å². The van der Waals surface area contributed by atoms with Crippen molar-refractivity contribution in [2.75, 3.05) is 6.54 Å². The summed E-state index contributed by atoms with van der Waals surface area (Å²) < 4.78 is 0. The van der Waals surface area contributed by atoms with E-state index in [9.17, 15) is 9.59 Å². The first-order valence-corrected chi connectivity index (χ1v) is 6.28. The van der Waals surface area contributed by atoms with Gasteiger partial charge in [0.2, 0.25) is 5.91 Å². The van der Waals surface area contributed by atoms with E-state index >= 15 is 0 Å². The maximum atomic E-state index is 12.3. The van der Waals surface area contributed by atoms with Crippen LogP contribution in [0.5, 0.6) is 0 Å². The van der Waals surface area contributed by atoms with E-state index in [4.69, 9.17) is 5.11 Å². The maximum absolute atomic E-state index is 12.3. The second kappa shape index (κ2) is 4.90. The van der Waals surface area contributed by atoms with Crippen molar-refractivity contribution in [1.82, 2.24) is 4.90 Å².